The van der Waals surface area contributed by atoms with Crippen LogP contribution in [-0.4, -0.2) is 48.8 Å². The second kappa shape index (κ2) is 5.38. The molecular weight excluding hydrogens is 228 g/mol. The van der Waals surface area contributed by atoms with Crippen LogP contribution in [0.25, 0.3) is 0 Å². The van der Waals surface area contributed by atoms with E-state index in [4.69, 9.17) is 4.74 Å². The van der Waals surface area contributed by atoms with E-state index in [0.29, 0.717) is 13.2 Å². The van der Waals surface area contributed by atoms with Gasteiger partial charge in [-0.1, -0.05) is 0 Å². The van der Waals surface area contributed by atoms with Crippen LogP contribution in [0.3, 0.4) is 0 Å². The monoisotopic (exact) mass is 242 g/mol. The molecule has 5 nitrogen and oxygen atoms in total. The molecule has 1 aromatic rings. The van der Waals surface area contributed by atoms with Crippen LogP contribution in [0.15, 0.2) is 11.6 Å². The summed E-state index contributed by atoms with van der Waals surface area (Å²) in [5, 5.41) is 3.01. The number of hydrogen-bond acceptors (Lipinski definition) is 6. The minimum Gasteiger partial charge on any atom is -0.467 e. The van der Waals surface area contributed by atoms with E-state index in [1.807, 2.05) is 5.38 Å². The lowest BCUT2D eigenvalue weighted by molar-refractivity contribution is -0.160. The molecule has 2 heterocycles. The maximum atomic E-state index is 11.3. The van der Waals surface area contributed by atoms with Gasteiger partial charge in [0.15, 0.2) is 6.10 Å². The van der Waals surface area contributed by atoms with Gasteiger partial charge < -0.3 is 9.47 Å². The molecule has 6 heteroatoms. The summed E-state index contributed by atoms with van der Waals surface area (Å²) in [6, 6.07) is 0. The highest BCUT2D eigenvalue weighted by atomic mass is 32.1. The third-order valence-electron chi connectivity index (χ3n) is 2.46. The molecule has 1 atom stereocenters. The zero-order valence-corrected chi connectivity index (χ0v) is 9.90. The van der Waals surface area contributed by atoms with Gasteiger partial charge in [0.05, 0.1) is 20.3 Å². The molecule has 88 valence electrons. The molecule has 1 aliphatic heterocycles. The Morgan fingerprint density at radius 2 is 2.69 bits per heavy atom. The summed E-state index contributed by atoms with van der Waals surface area (Å²) >= 11 is 1.62. The number of hydrogen-bond donors (Lipinski definition) is 0. The van der Waals surface area contributed by atoms with Crippen LogP contribution in [0.1, 0.15) is 5.01 Å². The van der Waals surface area contributed by atoms with Crippen molar-refractivity contribution in [2.24, 2.45) is 0 Å². The quantitative estimate of drug-likeness (QED) is 0.723. The molecule has 0 bridgehead atoms. The van der Waals surface area contributed by atoms with Crippen LogP contribution in [0, 0.1) is 0 Å². The molecule has 0 aromatic carbocycles. The van der Waals surface area contributed by atoms with Gasteiger partial charge in [-0.25, -0.2) is 9.78 Å². The summed E-state index contributed by atoms with van der Waals surface area (Å²) in [5.74, 6) is -0.302. The van der Waals surface area contributed by atoms with Gasteiger partial charge in [0.25, 0.3) is 0 Å². The van der Waals surface area contributed by atoms with Crippen molar-refractivity contribution in [2.75, 3.05) is 26.8 Å². The van der Waals surface area contributed by atoms with Gasteiger partial charge in [-0.05, 0) is 0 Å². The van der Waals surface area contributed by atoms with Crippen LogP contribution >= 0.6 is 11.3 Å². The van der Waals surface area contributed by atoms with E-state index in [9.17, 15) is 4.79 Å². The highest BCUT2D eigenvalue weighted by Gasteiger charge is 2.27. The van der Waals surface area contributed by atoms with Gasteiger partial charge in [-0.3, -0.25) is 4.90 Å². The van der Waals surface area contributed by atoms with Gasteiger partial charge in [0, 0.05) is 24.7 Å². The molecule has 0 spiro atoms. The van der Waals surface area contributed by atoms with Crippen molar-refractivity contribution in [3.05, 3.63) is 16.6 Å². The number of esters is 1. The number of nitrogens with zero attached hydrogens (tertiary/aromatic N) is 2. The Bertz CT molecular complexity index is 342. The lowest BCUT2D eigenvalue weighted by Crippen LogP contribution is -2.46. The number of ether oxygens (including phenoxy) is 2. The summed E-state index contributed by atoms with van der Waals surface area (Å²) in [4.78, 5) is 17.7. The summed E-state index contributed by atoms with van der Waals surface area (Å²) < 4.78 is 10.0. The molecule has 16 heavy (non-hydrogen) atoms. The van der Waals surface area contributed by atoms with Crippen molar-refractivity contribution < 1.29 is 14.3 Å². The minimum absolute atomic E-state index is 0.302. The van der Waals surface area contributed by atoms with Gasteiger partial charge in [0.1, 0.15) is 5.01 Å². The van der Waals surface area contributed by atoms with Gasteiger partial charge >= 0.3 is 5.97 Å². The van der Waals surface area contributed by atoms with Crippen molar-refractivity contribution in [3.63, 3.8) is 0 Å². The number of carbonyl (C=O) groups is 1. The number of methoxy groups -OCH3 is 1. The predicted molar refractivity (Wildman–Crippen MR) is 59.1 cm³/mol. The summed E-state index contributed by atoms with van der Waals surface area (Å²) in [6.07, 6.45) is 1.33. The van der Waals surface area contributed by atoms with Crippen molar-refractivity contribution >= 4 is 17.3 Å². The van der Waals surface area contributed by atoms with Gasteiger partial charge in [0.2, 0.25) is 0 Å². The lowest BCUT2D eigenvalue weighted by Gasteiger charge is -2.30. The standard InChI is InChI=1S/C10H14N2O3S/c1-14-10(13)8-6-12(3-4-15-8)7-9-11-2-5-16-9/h2,5,8H,3-4,6-7H2,1H3. The van der Waals surface area contributed by atoms with Gasteiger partial charge in [-0.2, -0.15) is 0 Å². The topological polar surface area (TPSA) is 51.7 Å². The van der Waals surface area contributed by atoms with Crippen molar-refractivity contribution in [3.8, 4) is 0 Å². The minimum atomic E-state index is -0.460. The Morgan fingerprint density at radius 1 is 1.81 bits per heavy atom. The average molecular weight is 242 g/mol. The highest BCUT2D eigenvalue weighted by molar-refractivity contribution is 7.09. The Morgan fingerprint density at radius 3 is 3.38 bits per heavy atom. The third-order valence-corrected chi connectivity index (χ3v) is 3.22. The first kappa shape index (κ1) is 11.5. The Hall–Kier alpha value is -0.980. The molecule has 0 amide bonds. The number of morpholine rings is 1. The second-order valence-electron chi connectivity index (χ2n) is 3.54. The van der Waals surface area contributed by atoms with Crippen LogP contribution in [-0.2, 0) is 20.8 Å². The zero-order valence-electron chi connectivity index (χ0n) is 9.09. The van der Waals surface area contributed by atoms with Crippen molar-refractivity contribution in [1.29, 1.82) is 0 Å². The fourth-order valence-electron chi connectivity index (χ4n) is 1.64. The molecule has 1 unspecified atom stereocenters. The molecule has 0 radical (unpaired) electrons. The second-order valence-corrected chi connectivity index (χ2v) is 4.52. The first-order valence-corrected chi connectivity index (χ1v) is 5.97. The van der Waals surface area contributed by atoms with E-state index >= 15 is 0 Å². The fourth-order valence-corrected chi connectivity index (χ4v) is 2.30. The number of carbonyl (C=O) groups excluding carboxylic acids is 1. The molecule has 0 N–H and O–H groups in total. The van der Waals surface area contributed by atoms with Crippen LogP contribution in [0.4, 0.5) is 0 Å². The zero-order chi connectivity index (χ0) is 11.4. The Kier molecular flexibility index (Phi) is 3.87. The van der Waals surface area contributed by atoms with Crippen molar-refractivity contribution in [2.45, 2.75) is 12.6 Å². The maximum Gasteiger partial charge on any atom is 0.336 e. The van der Waals surface area contributed by atoms with E-state index in [1.165, 1.54) is 7.11 Å². The normalized spacial score (nSPS) is 21.9. The molecule has 0 saturated carbocycles. The number of aromatic nitrogens is 1. The van der Waals surface area contributed by atoms with E-state index in [-0.39, 0.29) is 5.97 Å². The average Bonchev–Trinajstić information content (AvgIpc) is 2.81. The Labute approximate surface area is 98.0 Å². The number of rotatable bonds is 3. The number of thiazole rings is 1. The smallest absolute Gasteiger partial charge is 0.336 e. The molecule has 1 saturated heterocycles. The summed E-state index contributed by atoms with van der Waals surface area (Å²) in [7, 11) is 1.38. The molecular formula is C10H14N2O3S. The van der Waals surface area contributed by atoms with Crippen molar-refractivity contribution in [1.82, 2.24) is 9.88 Å². The molecule has 1 fully saturated rings. The third kappa shape index (κ3) is 2.78. The summed E-state index contributed by atoms with van der Waals surface area (Å²) in [5.41, 5.74) is 0. The molecule has 2 rings (SSSR count). The van der Waals surface area contributed by atoms with Crippen LogP contribution < -0.4 is 0 Å². The first-order valence-electron chi connectivity index (χ1n) is 5.09. The van der Waals surface area contributed by atoms with Crippen LogP contribution in [0.2, 0.25) is 0 Å². The predicted octanol–water partition coefficient (Wildman–Crippen LogP) is 0.517. The largest absolute Gasteiger partial charge is 0.467 e. The van der Waals surface area contributed by atoms with E-state index in [1.54, 1.807) is 17.5 Å². The SMILES string of the molecule is COC(=O)C1CN(Cc2nccs2)CCO1. The maximum absolute atomic E-state index is 11.3. The molecule has 0 aliphatic carbocycles. The molecule has 1 aliphatic rings. The van der Waals surface area contributed by atoms with E-state index < -0.39 is 6.10 Å². The molecule has 1 aromatic heterocycles. The van der Waals surface area contributed by atoms with E-state index in [0.717, 1.165) is 18.1 Å². The van der Waals surface area contributed by atoms with E-state index in [2.05, 4.69) is 14.6 Å². The van der Waals surface area contributed by atoms with Crippen LogP contribution in [0.5, 0.6) is 0 Å². The Balaban J connectivity index is 1.89. The highest BCUT2D eigenvalue weighted by Crippen LogP contribution is 2.12. The lowest BCUT2D eigenvalue weighted by atomic mass is 10.3. The first-order chi connectivity index (χ1) is 7.79. The fraction of sp³-hybridized carbons (Fsp3) is 0.600. The van der Waals surface area contributed by atoms with Gasteiger partial charge in [-0.15, -0.1) is 11.3 Å². The summed E-state index contributed by atoms with van der Waals surface area (Å²) in [6.45, 7) is 2.74.